The Hall–Kier alpha value is -1.98. The van der Waals surface area contributed by atoms with Gasteiger partial charge in [0.05, 0.1) is 17.8 Å². The van der Waals surface area contributed by atoms with Gasteiger partial charge in [0, 0.05) is 25.8 Å². The number of carbonyl (C=O) groups excluding carboxylic acids is 2. The molecule has 1 saturated heterocycles. The molecular weight excluding hydrogens is 292 g/mol. The number of rotatable bonds is 6. The van der Waals surface area contributed by atoms with E-state index in [0.29, 0.717) is 18.8 Å². The van der Waals surface area contributed by atoms with E-state index < -0.39 is 0 Å². The molecule has 1 aliphatic heterocycles. The predicted octanol–water partition coefficient (Wildman–Crippen LogP) is 1.94. The van der Waals surface area contributed by atoms with Crippen LogP contribution in [0.3, 0.4) is 0 Å². The zero-order valence-electron chi connectivity index (χ0n) is 14.0. The molecule has 2 heterocycles. The second-order valence-electron chi connectivity index (χ2n) is 6.13. The molecule has 2 amide bonds. The number of carbonyl (C=O) groups is 2. The standard InChI is InChI=1S/C17H26N4O2/c1-3-4-5-8-18-16(22)14-7-6-9-21(12-14)17(23)15-11-19-13(2)10-20-15/h10-11,14H,3-9,12H2,1-2H3,(H,18,22)/t14-/m1/s1. The molecule has 0 aromatic carbocycles. The second kappa shape index (κ2) is 8.60. The van der Waals surface area contributed by atoms with Gasteiger partial charge in [0.1, 0.15) is 5.69 Å². The summed E-state index contributed by atoms with van der Waals surface area (Å²) >= 11 is 0. The van der Waals surface area contributed by atoms with Gasteiger partial charge in [0.15, 0.2) is 0 Å². The Morgan fingerprint density at radius 2 is 2.13 bits per heavy atom. The molecule has 1 fully saturated rings. The summed E-state index contributed by atoms with van der Waals surface area (Å²) < 4.78 is 0. The van der Waals surface area contributed by atoms with E-state index in [0.717, 1.165) is 44.3 Å². The smallest absolute Gasteiger partial charge is 0.274 e. The molecule has 0 spiro atoms. The predicted molar refractivity (Wildman–Crippen MR) is 87.9 cm³/mol. The lowest BCUT2D eigenvalue weighted by Gasteiger charge is -2.31. The number of nitrogens with one attached hydrogen (secondary N) is 1. The van der Waals surface area contributed by atoms with Crippen molar-refractivity contribution < 1.29 is 9.59 Å². The zero-order valence-corrected chi connectivity index (χ0v) is 14.0. The summed E-state index contributed by atoms with van der Waals surface area (Å²) in [4.78, 5) is 34.7. The van der Waals surface area contributed by atoms with Crippen LogP contribution in [0.4, 0.5) is 0 Å². The Morgan fingerprint density at radius 1 is 1.30 bits per heavy atom. The summed E-state index contributed by atoms with van der Waals surface area (Å²) in [6.45, 7) is 5.84. The van der Waals surface area contributed by atoms with E-state index in [1.807, 2.05) is 6.92 Å². The van der Waals surface area contributed by atoms with Crippen LogP contribution >= 0.6 is 0 Å². The van der Waals surface area contributed by atoms with Gasteiger partial charge in [-0.1, -0.05) is 19.8 Å². The van der Waals surface area contributed by atoms with Crippen LogP contribution in [0.2, 0.25) is 0 Å². The first kappa shape index (κ1) is 17.4. The molecule has 1 N–H and O–H groups in total. The number of piperidine rings is 1. The number of likely N-dealkylation sites (tertiary alicyclic amines) is 1. The van der Waals surface area contributed by atoms with Crippen LogP contribution in [0.25, 0.3) is 0 Å². The largest absolute Gasteiger partial charge is 0.356 e. The van der Waals surface area contributed by atoms with Crippen molar-refractivity contribution in [2.45, 2.75) is 46.0 Å². The highest BCUT2D eigenvalue weighted by atomic mass is 16.2. The SMILES string of the molecule is CCCCCNC(=O)[C@@H]1CCCN(C(=O)c2cnc(C)cn2)C1. The molecule has 0 saturated carbocycles. The fourth-order valence-corrected chi connectivity index (χ4v) is 2.77. The maximum atomic E-state index is 12.5. The monoisotopic (exact) mass is 318 g/mol. The lowest BCUT2D eigenvalue weighted by Crippen LogP contribution is -2.45. The van der Waals surface area contributed by atoms with Crippen molar-refractivity contribution in [1.82, 2.24) is 20.2 Å². The summed E-state index contributed by atoms with van der Waals surface area (Å²) in [5.41, 5.74) is 1.13. The minimum Gasteiger partial charge on any atom is -0.356 e. The molecule has 1 atom stereocenters. The van der Waals surface area contributed by atoms with Crippen molar-refractivity contribution in [2.24, 2.45) is 5.92 Å². The van der Waals surface area contributed by atoms with Gasteiger partial charge in [-0.3, -0.25) is 14.6 Å². The Labute approximate surface area is 137 Å². The van der Waals surface area contributed by atoms with Gasteiger partial charge in [-0.25, -0.2) is 4.98 Å². The van der Waals surface area contributed by atoms with Crippen LogP contribution in [0.15, 0.2) is 12.4 Å². The molecule has 126 valence electrons. The minimum atomic E-state index is -0.138. The highest BCUT2D eigenvalue weighted by Gasteiger charge is 2.29. The van der Waals surface area contributed by atoms with E-state index in [1.54, 1.807) is 11.1 Å². The number of aromatic nitrogens is 2. The van der Waals surface area contributed by atoms with Crippen molar-refractivity contribution in [3.8, 4) is 0 Å². The Kier molecular flexibility index (Phi) is 6.50. The molecule has 0 bridgehead atoms. The van der Waals surface area contributed by atoms with Crippen molar-refractivity contribution in [1.29, 1.82) is 0 Å². The van der Waals surface area contributed by atoms with Gasteiger partial charge in [-0.05, 0) is 26.2 Å². The van der Waals surface area contributed by atoms with Gasteiger partial charge in [-0.15, -0.1) is 0 Å². The molecule has 1 aliphatic rings. The number of nitrogens with zero attached hydrogens (tertiary/aromatic N) is 3. The van der Waals surface area contributed by atoms with E-state index in [2.05, 4.69) is 22.2 Å². The molecular formula is C17H26N4O2. The summed E-state index contributed by atoms with van der Waals surface area (Å²) in [7, 11) is 0. The van der Waals surface area contributed by atoms with E-state index in [1.165, 1.54) is 6.20 Å². The second-order valence-corrected chi connectivity index (χ2v) is 6.13. The summed E-state index contributed by atoms with van der Waals surface area (Å²) in [5.74, 6) is -0.192. The zero-order chi connectivity index (χ0) is 16.7. The van der Waals surface area contributed by atoms with Gasteiger partial charge in [0.25, 0.3) is 5.91 Å². The summed E-state index contributed by atoms with van der Waals surface area (Å²) in [5, 5.41) is 2.99. The first-order valence-electron chi connectivity index (χ1n) is 8.47. The van der Waals surface area contributed by atoms with Crippen molar-refractivity contribution in [3.05, 3.63) is 23.8 Å². The van der Waals surface area contributed by atoms with Crippen LogP contribution in [-0.4, -0.2) is 46.3 Å². The number of hydrogen-bond donors (Lipinski definition) is 1. The van der Waals surface area contributed by atoms with Crippen LogP contribution in [0.1, 0.15) is 55.2 Å². The quantitative estimate of drug-likeness (QED) is 0.813. The van der Waals surface area contributed by atoms with Crippen LogP contribution in [0, 0.1) is 12.8 Å². The molecule has 0 radical (unpaired) electrons. The highest BCUT2D eigenvalue weighted by Crippen LogP contribution is 2.18. The minimum absolute atomic E-state index is 0.0635. The topological polar surface area (TPSA) is 75.2 Å². The Bertz CT molecular complexity index is 530. The molecule has 0 aliphatic carbocycles. The van der Waals surface area contributed by atoms with E-state index in [4.69, 9.17) is 0 Å². The molecule has 6 nitrogen and oxygen atoms in total. The molecule has 1 aromatic heterocycles. The van der Waals surface area contributed by atoms with E-state index in [9.17, 15) is 9.59 Å². The third-order valence-electron chi connectivity index (χ3n) is 4.16. The van der Waals surface area contributed by atoms with Gasteiger partial charge >= 0.3 is 0 Å². The van der Waals surface area contributed by atoms with Gasteiger partial charge < -0.3 is 10.2 Å². The number of unbranched alkanes of at least 4 members (excludes halogenated alkanes) is 2. The maximum absolute atomic E-state index is 12.5. The average molecular weight is 318 g/mol. The molecule has 2 rings (SSSR count). The highest BCUT2D eigenvalue weighted by molar-refractivity contribution is 5.92. The molecule has 1 aromatic rings. The van der Waals surface area contributed by atoms with Crippen molar-refractivity contribution >= 4 is 11.8 Å². The number of aryl methyl sites for hydroxylation is 1. The third-order valence-corrected chi connectivity index (χ3v) is 4.16. The number of amides is 2. The van der Waals surface area contributed by atoms with Crippen LogP contribution < -0.4 is 5.32 Å². The third kappa shape index (κ3) is 5.01. The van der Waals surface area contributed by atoms with Crippen LogP contribution in [-0.2, 0) is 4.79 Å². The van der Waals surface area contributed by atoms with Crippen LogP contribution in [0.5, 0.6) is 0 Å². The molecule has 0 unspecified atom stereocenters. The number of hydrogen-bond acceptors (Lipinski definition) is 4. The average Bonchev–Trinajstić information content (AvgIpc) is 2.59. The fraction of sp³-hybridized carbons (Fsp3) is 0.647. The van der Waals surface area contributed by atoms with Crippen molar-refractivity contribution in [3.63, 3.8) is 0 Å². The van der Waals surface area contributed by atoms with E-state index >= 15 is 0 Å². The van der Waals surface area contributed by atoms with E-state index in [-0.39, 0.29) is 17.7 Å². The Morgan fingerprint density at radius 3 is 2.83 bits per heavy atom. The van der Waals surface area contributed by atoms with Gasteiger partial charge in [0.2, 0.25) is 5.91 Å². The lowest BCUT2D eigenvalue weighted by molar-refractivity contribution is -0.126. The summed E-state index contributed by atoms with van der Waals surface area (Å²) in [6.07, 6.45) is 8.06. The summed E-state index contributed by atoms with van der Waals surface area (Å²) in [6, 6.07) is 0. The van der Waals surface area contributed by atoms with Crippen molar-refractivity contribution in [2.75, 3.05) is 19.6 Å². The maximum Gasteiger partial charge on any atom is 0.274 e. The van der Waals surface area contributed by atoms with Gasteiger partial charge in [-0.2, -0.15) is 0 Å². The lowest BCUT2D eigenvalue weighted by atomic mass is 9.97. The fourth-order valence-electron chi connectivity index (χ4n) is 2.77. The first-order chi connectivity index (χ1) is 11.1. The Balaban J connectivity index is 1.88. The molecule has 6 heteroatoms. The normalized spacial score (nSPS) is 17.8. The molecule has 23 heavy (non-hydrogen) atoms. The first-order valence-corrected chi connectivity index (χ1v) is 8.47.